The second-order valence-electron chi connectivity index (χ2n) is 5.50. The van der Waals surface area contributed by atoms with Crippen molar-refractivity contribution in [3.63, 3.8) is 0 Å². The summed E-state index contributed by atoms with van der Waals surface area (Å²) in [5.74, 6) is 0. The van der Waals surface area contributed by atoms with Crippen molar-refractivity contribution in [1.82, 2.24) is 10.2 Å². The van der Waals surface area contributed by atoms with Gasteiger partial charge in [-0.05, 0) is 45.7 Å². The first-order valence-corrected chi connectivity index (χ1v) is 7.20. The fraction of sp³-hybridized carbons (Fsp3) is 1.00. The van der Waals surface area contributed by atoms with Crippen LogP contribution in [0, 0.1) is 0 Å². The Morgan fingerprint density at radius 3 is 2.47 bits per heavy atom. The fourth-order valence-electron chi connectivity index (χ4n) is 3.34. The second-order valence-corrected chi connectivity index (χ2v) is 5.50. The second kappa shape index (κ2) is 6.72. The normalized spacial score (nSPS) is 29.5. The number of hydrogen-bond acceptors (Lipinski definition) is 3. The molecule has 0 saturated heterocycles. The van der Waals surface area contributed by atoms with Crippen molar-refractivity contribution in [2.75, 3.05) is 20.2 Å². The van der Waals surface area contributed by atoms with E-state index in [0.717, 1.165) is 19.4 Å². The van der Waals surface area contributed by atoms with Gasteiger partial charge in [-0.2, -0.15) is 0 Å². The zero-order valence-electron chi connectivity index (χ0n) is 12.0. The van der Waals surface area contributed by atoms with E-state index in [9.17, 15) is 5.11 Å². The smallest absolute Gasteiger partial charge is 0.0613 e. The number of aliphatic hydroxyl groups is 1. The lowest BCUT2D eigenvalue weighted by atomic mass is 9.98. The highest BCUT2D eigenvalue weighted by Gasteiger charge is 2.40. The van der Waals surface area contributed by atoms with E-state index in [2.05, 4.69) is 38.0 Å². The van der Waals surface area contributed by atoms with Crippen LogP contribution in [-0.4, -0.2) is 47.8 Å². The predicted octanol–water partition coefficient (Wildman–Crippen LogP) is 2.00. The first-order chi connectivity index (χ1) is 8.12. The Balaban J connectivity index is 2.59. The molecule has 102 valence electrons. The Morgan fingerprint density at radius 1 is 1.35 bits per heavy atom. The maximum atomic E-state index is 9.62. The number of rotatable bonds is 7. The van der Waals surface area contributed by atoms with Crippen molar-refractivity contribution in [2.24, 2.45) is 0 Å². The zero-order chi connectivity index (χ0) is 12.9. The van der Waals surface area contributed by atoms with Gasteiger partial charge < -0.3 is 15.3 Å². The molecule has 0 aliphatic heterocycles. The maximum Gasteiger partial charge on any atom is 0.0613 e. The first-order valence-electron chi connectivity index (χ1n) is 7.20. The lowest BCUT2D eigenvalue weighted by Gasteiger charge is -2.34. The minimum absolute atomic E-state index is 0.0142. The van der Waals surface area contributed by atoms with Crippen LogP contribution in [0.2, 0.25) is 0 Å². The van der Waals surface area contributed by atoms with Gasteiger partial charge in [0.25, 0.3) is 0 Å². The Bertz CT molecular complexity index is 218. The van der Waals surface area contributed by atoms with Crippen LogP contribution in [0.25, 0.3) is 0 Å². The summed E-state index contributed by atoms with van der Waals surface area (Å²) in [5.41, 5.74) is -0.0142. The number of nitrogens with zero attached hydrogens (tertiary/aromatic N) is 1. The van der Waals surface area contributed by atoms with E-state index >= 15 is 0 Å². The summed E-state index contributed by atoms with van der Waals surface area (Å²) in [6, 6.07) is 1.32. The molecule has 0 aromatic heterocycles. The van der Waals surface area contributed by atoms with Crippen molar-refractivity contribution in [2.45, 2.75) is 70.5 Å². The van der Waals surface area contributed by atoms with Crippen LogP contribution in [0.15, 0.2) is 0 Å². The van der Waals surface area contributed by atoms with E-state index < -0.39 is 0 Å². The highest BCUT2D eigenvalue weighted by Crippen LogP contribution is 2.33. The Morgan fingerprint density at radius 2 is 2.00 bits per heavy atom. The standard InChI is InChI=1S/C14H30N2O/c1-5-12(6-2)16(4)13-8-9-14(10-13,11-17)15-7-3/h12-13,15,17H,5-11H2,1-4H3. The molecule has 2 unspecified atom stereocenters. The molecule has 0 heterocycles. The third kappa shape index (κ3) is 3.43. The SMILES string of the molecule is CCNC1(CO)CCC(N(C)C(CC)CC)C1. The molecule has 0 bridgehead atoms. The summed E-state index contributed by atoms with van der Waals surface area (Å²) >= 11 is 0. The molecule has 0 radical (unpaired) electrons. The lowest BCUT2D eigenvalue weighted by molar-refractivity contribution is 0.131. The molecule has 0 aromatic carbocycles. The van der Waals surface area contributed by atoms with Gasteiger partial charge in [-0.3, -0.25) is 0 Å². The average Bonchev–Trinajstić information content (AvgIpc) is 2.76. The highest BCUT2D eigenvalue weighted by molar-refractivity contribution is 4.99. The zero-order valence-corrected chi connectivity index (χ0v) is 12.0. The number of hydrogen-bond donors (Lipinski definition) is 2. The number of likely N-dealkylation sites (N-methyl/N-ethyl adjacent to an activating group) is 1. The molecule has 17 heavy (non-hydrogen) atoms. The summed E-state index contributed by atoms with van der Waals surface area (Å²) in [5, 5.41) is 13.1. The summed E-state index contributed by atoms with van der Waals surface area (Å²) in [4.78, 5) is 2.54. The third-order valence-corrected chi connectivity index (χ3v) is 4.53. The molecule has 1 fully saturated rings. The van der Waals surface area contributed by atoms with Crippen molar-refractivity contribution >= 4 is 0 Å². The van der Waals surface area contributed by atoms with E-state index in [1.165, 1.54) is 19.3 Å². The fourth-order valence-corrected chi connectivity index (χ4v) is 3.34. The molecule has 0 spiro atoms. The van der Waals surface area contributed by atoms with E-state index in [0.29, 0.717) is 12.1 Å². The quantitative estimate of drug-likeness (QED) is 0.717. The molecule has 0 aromatic rings. The summed E-state index contributed by atoms with van der Waals surface area (Å²) in [7, 11) is 2.25. The van der Waals surface area contributed by atoms with Crippen LogP contribution in [0.1, 0.15) is 52.9 Å². The molecular weight excluding hydrogens is 212 g/mol. The van der Waals surface area contributed by atoms with Crippen LogP contribution in [0.4, 0.5) is 0 Å². The Hall–Kier alpha value is -0.120. The summed E-state index contributed by atoms with van der Waals surface area (Å²) < 4.78 is 0. The molecule has 1 rings (SSSR count). The topological polar surface area (TPSA) is 35.5 Å². The van der Waals surface area contributed by atoms with Gasteiger partial charge in [-0.25, -0.2) is 0 Å². The lowest BCUT2D eigenvalue weighted by Crippen LogP contribution is -2.48. The van der Waals surface area contributed by atoms with Crippen LogP contribution < -0.4 is 5.32 Å². The molecule has 2 atom stereocenters. The monoisotopic (exact) mass is 242 g/mol. The van der Waals surface area contributed by atoms with Gasteiger partial charge in [0.15, 0.2) is 0 Å². The number of aliphatic hydroxyl groups excluding tert-OH is 1. The molecular formula is C14H30N2O. The van der Waals surface area contributed by atoms with Gasteiger partial charge in [-0.15, -0.1) is 0 Å². The van der Waals surface area contributed by atoms with E-state index in [1.54, 1.807) is 0 Å². The minimum Gasteiger partial charge on any atom is -0.394 e. The van der Waals surface area contributed by atoms with Crippen molar-refractivity contribution in [1.29, 1.82) is 0 Å². The predicted molar refractivity (Wildman–Crippen MR) is 73.3 cm³/mol. The van der Waals surface area contributed by atoms with Gasteiger partial charge in [0, 0.05) is 17.6 Å². The van der Waals surface area contributed by atoms with Crippen molar-refractivity contribution in [3.8, 4) is 0 Å². The van der Waals surface area contributed by atoms with Gasteiger partial charge in [-0.1, -0.05) is 20.8 Å². The van der Waals surface area contributed by atoms with Crippen molar-refractivity contribution < 1.29 is 5.11 Å². The van der Waals surface area contributed by atoms with Crippen LogP contribution in [0.5, 0.6) is 0 Å². The van der Waals surface area contributed by atoms with Gasteiger partial charge in [0.1, 0.15) is 0 Å². The van der Waals surface area contributed by atoms with Gasteiger partial charge in [0.2, 0.25) is 0 Å². The van der Waals surface area contributed by atoms with Gasteiger partial charge in [0.05, 0.1) is 6.61 Å². The van der Waals surface area contributed by atoms with E-state index in [1.807, 2.05) is 0 Å². The molecule has 3 heteroatoms. The molecule has 1 aliphatic carbocycles. The van der Waals surface area contributed by atoms with Crippen LogP contribution in [-0.2, 0) is 0 Å². The van der Waals surface area contributed by atoms with Gasteiger partial charge >= 0.3 is 0 Å². The first kappa shape index (κ1) is 14.9. The summed E-state index contributed by atoms with van der Waals surface area (Å²) in [6.07, 6.45) is 5.84. The molecule has 1 aliphatic rings. The minimum atomic E-state index is -0.0142. The largest absolute Gasteiger partial charge is 0.394 e. The van der Waals surface area contributed by atoms with Crippen molar-refractivity contribution in [3.05, 3.63) is 0 Å². The Labute approximate surface area is 107 Å². The highest BCUT2D eigenvalue weighted by atomic mass is 16.3. The average molecular weight is 242 g/mol. The maximum absolute atomic E-state index is 9.62. The van der Waals surface area contributed by atoms with E-state index in [4.69, 9.17) is 0 Å². The third-order valence-electron chi connectivity index (χ3n) is 4.53. The number of nitrogens with one attached hydrogen (secondary N) is 1. The molecule has 1 saturated carbocycles. The van der Waals surface area contributed by atoms with E-state index in [-0.39, 0.29) is 12.1 Å². The molecule has 2 N–H and O–H groups in total. The molecule has 0 amide bonds. The van der Waals surface area contributed by atoms with Crippen LogP contribution >= 0.6 is 0 Å². The Kier molecular flexibility index (Phi) is 5.90. The molecule has 3 nitrogen and oxygen atoms in total. The van der Waals surface area contributed by atoms with Crippen LogP contribution in [0.3, 0.4) is 0 Å². The summed E-state index contributed by atoms with van der Waals surface area (Å²) in [6.45, 7) is 7.87.